The minimum absolute atomic E-state index is 0.106. The Labute approximate surface area is 188 Å². The first kappa shape index (κ1) is 18.3. The summed E-state index contributed by atoms with van der Waals surface area (Å²) in [4.78, 5) is 4.14. The Kier molecular flexibility index (Phi) is 4.77. The zero-order valence-electron chi connectivity index (χ0n) is 14.5. The zero-order chi connectivity index (χ0) is 19.3. The second-order valence-electron chi connectivity index (χ2n) is 6.71. The Morgan fingerprint density at radius 1 is 0.929 bits per heavy atom. The molecule has 2 aromatic carbocycles. The van der Waals surface area contributed by atoms with Gasteiger partial charge in [-0.25, -0.2) is 5.01 Å². The van der Waals surface area contributed by atoms with Crippen LogP contribution in [-0.4, -0.2) is 15.7 Å². The molecule has 0 bridgehead atoms. The van der Waals surface area contributed by atoms with Crippen LogP contribution in [0.1, 0.15) is 35.4 Å². The fourth-order valence-electron chi connectivity index (χ4n) is 3.68. The number of pyridine rings is 1. The summed E-state index contributed by atoms with van der Waals surface area (Å²) in [5, 5.41) is 7.06. The van der Waals surface area contributed by atoms with Gasteiger partial charge in [-0.05, 0) is 57.9 Å². The minimum atomic E-state index is -0.300. The minimum Gasteiger partial charge on any atom is -0.463 e. The lowest BCUT2D eigenvalue weighted by molar-refractivity contribution is -0.0197. The first-order chi connectivity index (χ1) is 13.6. The lowest BCUT2D eigenvalue weighted by atomic mass is 9.96. The third-order valence-corrected chi connectivity index (χ3v) is 6.55. The summed E-state index contributed by atoms with van der Waals surface area (Å²) >= 11 is 10.8. The summed E-state index contributed by atoms with van der Waals surface area (Å²) in [5.74, 6) is 0.874. The van der Waals surface area contributed by atoms with Crippen molar-refractivity contribution in [3.8, 4) is 5.75 Å². The van der Waals surface area contributed by atoms with E-state index in [0.717, 1.165) is 48.0 Å². The number of hydrogen-bond acceptors (Lipinski definition) is 4. The van der Waals surface area contributed by atoms with Crippen LogP contribution in [0.3, 0.4) is 0 Å². The molecule has 0 amide bonds. The number of ether oxygens (including phenoxy) is 1. The van der Waals surface area contributed by atoms with E-state index in [2.05, 4.69) is 76.0 Å². The molecule has 4 nitrogen and oxygen atoms in total. The van der Waals surface area contributed by atoms with Crippen molar-refractivity contribution in [1.29, 1.82) is 0 Å². The smallest absolute Gasteiger partial charge is 0.214 e. The number of rotatable bonds is 2. The number of nitrogens with zero attached hydrogens (tertiary/aromatic N) is 3. The normalized spacial score (nSPS) is 20.2. The van der Waals surface area contributed by atoms with Crippen molar-refractivity contribution < 1.29 is 4.74 Å². The summed E-state index contributed by atoms with van der Waals surface area (Å²) in [6.07, 6.45) is 4.10. The molecule has 140 valence electrons. The van der Waals surface area contributed by atoms with Crippen molar-refractivity contribution in [2.75, 3.05) is 0 Å². The molecule has 0 unspecified atom stereocenters. The number of fused-ring (bicyclic) bond motifs is 3. The molecule has 5 rings (SSSR count). The van der Waals surface area contributed by atoms with Gasteiger partial charge in [-0.15, -0.1) is 0 Å². The lowest BCUT2D eigenvalue weighted by Crippen LogP contribution is -2.33. The monoisotopic (exact) mass is 561 g/mol. The van der Waals surface area contributed by atoms with E-state index in [9.17, 15) is 0 Å². The van der Waals surface area contributed by atoms with E-state index < -0.39 is 0 Å². The molecule has 0 radical (unpaired) electrons. The number of hydrogen-bond donors (Lipinski definition) is 0. The molecule has 0 spiro atoms. The van der Waals surface area contributed by atoms with E-state index in [1.54, 1.807) is 12.4 Å². The van der Waals surface area contributed by atoms with Gasteiger partial charge in [0.25, 0.3) is 0 Å². The van der Waals surface area contributed by atoms with Crippen LogP contribution in [0.4, 0.5) is 0 Å². The van der Waals surface area contributed by atoms with Gasteiger partial charge in [0.05, 0.1) is 16.2 Å². The van der Waals surface area contributed by atoms with E-state index in [0.29, 0.717) is 0 Å². The summed E-state index contributed by atoms with van der Waals surface area (Å²) in [7, 11) is 0. The predicted octanol–water partition coefficient (Wildman–Crippen LogP) is 6.61. The van der Waals surface area contributed by atoms with Crippen LogP contribution in [0.25, 0.3) is 0 Å². The van der Waals surface area contributed by atoms with E-state index in [1.807, 2.05) is 30.3 Å². The summed E-state index contributed by atoms with van der Waals surface area (Å²) in [5.41, 5.74) is 4.34. The van der Waals surface area contributed by atoms with Crippen LogP contribution in [0.2, 0.25) is 0 Å². The van der Waals surface area contributed by atoms with Gasteiger partial charge in [0, 0.05) is 38.9 Å². The molecular formula is C21H14Br3N3O. The third kappa shape index (κ3) is 3.19. The van der Waals surface area contributed by atoms with Gasteiger partial charge in [-0.1, -0.05) is 44.0 Å². The van der Waals surface area contributed by atoms with E-state index >= 15 is 0 Å². The molecule has 0 fully saturated rings. The average molecular weight is 564 g/mol. The number of aromatic nitrogens is 1. The first-order valence-electron chi connectivity index (χ1n) is 8.77. The van der Waals surface area contributed by atoms with Crippen molar-refractivity contribution in [2.24, 2.45) is 5.10 Å². The van der Waals surface area contributed by atoms with Crippen molar-refractivity contribution >= 4 is 53.5 Å². The van der Waals surface area contributed by atoms with Gasteiger partial charge in [-0.2, -0.15) is 5.10 Å². The van der Waals surface area contributed by atoms with Crippen molar-refractivity contribution in [2.45, 2.75) is 18.7 Å². The Hall–Kier alpha value is -1.70. The van der Waals surface area contributed by atoms with Crippen LogP contribution in [0, 0.1) is 0 Å². The van der Waals surface area contributed by atoms with Gasteiger partial charge < -0.3 is 4.74 Å². The van der Waals surface area contributed by atoms with Crippen molar-refractivity contribution in [1.82, 2.24) is 9.99 Å². The van der Waals surface area contributed by atoms with Gasteiger partial charge in [-0.3, -0.25) is 4.98 Å². The number of hydrazone groups is 1. The molecular weight excluding hydrogens is 550 g/mol. The van der Waals surface area contributed by atoms with Gasteiger partial charge in [0.2, 0.25) is 6.23 Å². The summed E-state index contributed by atoms with van der Waals surface area (Å²) < 4.78 is 9.45. The largest absolute Gasteiger partial charge is 0.463 e. The van der Waals surface area contributed by atoms with Crippen LogP contribution in [0.15, 0.2) is 79.4 Å². The predicted molar refractivity (Wildman–Crippen MR) is 119 cm³/mol. The molecule has 2 aliphatic heterocycles. The van der Waals surface area contributed by atoms with Crippen LogP contribution >= 0.6 is 47.8 Å². The fourth-order valence-corrected chi connectivity index (χ4v) is 5.30. The standard InChI is InChI=1S/C21H14Br3N3O/c22-14-3-1-12(2-4-14)18-11-19-16-9-15(23)10-17(24)20(16)28-21(27(19)26-18)13-5-7-25-8-6-13/h1-10,19,21H,11H2/t19-,21+/m1/s1. The molecule has 0 N–H and O–H groups in total. The SMILES string of the molecule is Brc1ccc(C2=NN3[C@H](C2)c2cc(Br)cc(Br)c2O[C@H]3c2ccncc2)cc1. The molecule has 2 aliphatic rings. The Bertz CT molecular complexity index is 1070. The quantitative estimate of drug-likeness (QED) is 0.352. The maximum absolute atomic E-state index is 6.44. The summed E-state index contributed by atoms with van der Waals surface area (Å²) in [6.45, 7) is 0. The van der Waals surface area contributed by atoms with Crippen molar-refractivity contribution in [3.63, 3.8) is 0 Å². The molecule has 1 aromatic heterocycles. The molecule has 0 saturated heterocycles. The molecule has 3 heterocycles. The molecule has 2 atom stereocenters. The topological polar surface area (TPSA) is 37.7 Å². The highest BCUT2D eigenvalue weighted by molar-refractivity contribution is 9.11. The van der Waals surface area contributed by atoms with E-state index in [4.69, 9.17) is 9.84 Å². The average Bonchev–Trinajstić information content (AvgIpc) is 3.14. The molecule has 7 heteroatoms. The third-order valence-electron chi connectivity index (χ3n) is 4.98. The highest BCUT2D eigenvalue weighted by Gasteiger charge is 2.41. The first-order valence-corrected chi connectivity index (χ1v) is 11.2. The number of halogens is 3. The molecule has 0 saturated carbocycles. The highest BCUT2D eigenvalue weighted by atomic mass is 79.9. The maximum Gasteiger partial charge on any atom is 0.214 e. The van der Waals surface area contributed by atoms with Gasteiger partial charge in [0.1, 0.15) is 5.75 Å². The molecule has 28 heavy (non-hydrogen) atoms. The second-order valence-corrected chi connectivity index (χ2v) is 9.40. The van der Waals surface area contributed by atoms with Crippen molar-refractivity contribution in [3.05, 3.63) is 91.0 Å². The molecule has 3 aromatic rings. The highest BCUT2D eigenvalue weighted by Crippen LogP contribution is 2.50. The van der Waals surface area contributed by atoms with Gasteiger partial charge >= 0.3 is 0 Å². The lowest BCUT2D eigenvalue weighted by Gasteiger charge is -2.38. The van der Waals surface area contributed by atoms with Crippen LogP contribution < -0.4 is 4.74 Å². The van der Waals surface area contributed by atoms with E-state index in [-0.39, 0.29) is 12.3 Å². The Balaban J connectivity index is 1.63. The zero-order valence-corrected chi connectivity index (χ0v) is 19.3. The van der Waals surface area contributed by atoms with Crippen LogP contribution in [0.5, 0.6) is 5.75 Å². The number of benzene rings is 2. The Morgan fingerprint density at radius 2 is 1.68 bits per heavy atom. The Morgan fingerprint density at radius 3 is 2.43 bits per heavy atom. The summed E-state index contributed by atoms with van der Waals surface area (Å²) in [6, 6.07) is 16.5. The van der Waals surface area contributed by atoms with E-state index in [1.165, 1.54) is 0 Å². The van der Waals surface area contributed by atoms with Crippen LogP contribution in [-0.2, 0) is 0 Å². The maximum atomic E-state index is 6.44. The van der Waals surface area contributed by atoms with Gasteiger partial charge in [0.15, 0.2) is 0 Å². The fraction of sp³-hybridized carbons (Fsp3) is 0.143. The second kappa shape index (κ2) is 7.28. The molecule has 0 aliphatic carbocycles.